The quantitative estimate of drug-likeness (QED) is 0.218. The van der Waals surface area contributed by atoms with E-state index in [1.54, 1.807) is 18.2 Å². The van der Waals surface area contributed by atoms with Gasteiger partial charge in [0.15, 0.2) is 23.0 Å². The van der Waals surface area contributed by atoms with Crippen molar-refractivity contribution in [1.82, 2.24) is 0 Å². The standard InChI is InChI=1S/C28H27BrN2O4/c1-27(2,3)20-23-25(35-19-13-15(29)9-11-17(19)31-23)21(28(4,5)6)22-24(20)34-18-12-14(26(32)33-7)8-10-16(18)30-22/h8-13H,1-7H3. The van der Waals surface area contributed by atoms with Gasteiger partial charge in [-0.15, -0.1) is 0 Å². The fourth-order valence-electron chi connectivity index (χ4n) is 4.54. The van der Waals surface area contributed by atoms with Crippen LogP contribution in [0.3, 0.4) is 0 Å². The van der Waals surface area contributed by atoms with Crippen LogP contribution in [0.5, 0.6) is 23.0 Å². The summed E-state index contributed by atoms with van der Waals surface area (Å²) in [7, 11) is 1.36. The molecule has 180 valence electrons. The second-order valence-electron chi connectivity index (χ2n) is 10.8. The Balaban J connectivity index is 1.91. The number of nitrogens with zero attached hydrogens (tertiary/aromatic N) is 2. The third-order valence-corrected chi connectivity index (χ3v) is 6.54. The fraction of sp³-hybridized carbons (Fsp3) is 0.321. The highest BCUT2D eigenvalue weighted by Gasteiger charge is 2.36. The van der Waals surface area contributed by atoms with Gasteiger partial charge in [0.2, 0.25) is 0 Å². The molecule has 0 fully saturated rings. The third-order valence-electron chi connectivity index (χ3n) is 6.05. The Hall–Kier alpha value is -3.19. The van der Waals surface area contributed by atoms with E-state index >= 15 is 0 Å². The van der Waals surface area contributed by atoms with Gasteiger partial charge >= 0.3 is 5.97 Å². The van der Waals surface area contributed by atoms with Crippen LogP contribution in [-0.4, -0.2) is 13.1 Å². The summed E-state index contributed by atoms with van der Waals surface area (Å²) in [5.41, 5.74) is 2.98. The smallest absolute Gasteiger partial charge is 0.337 e. The van der Waals surface area contributed by atoms with Crippen molar-refractivity contribution >= 4 is 33.3 Å². The van der Waals surface area contributed by atoms with Crippen molar-refractivity contribution in [3.05, 3.63) is 68.3 Å². The van der Waals surface area contributed by atoms with E-state index in [0.29, 0.717) is 34.2 Å². The number of rotatable bonds is 1. The van der Waals surface area contributed by atoms with E-state index in [0.717, 1.165) is 32.0 Å². The number of halogens is 1. The van der Waals surface area contributed by atoms with Crippen LogP contribution in [0.15, 0.2) is 50.9 Å². The van der Waals surface area contributed by atoms with Gasteiger partial charge in [0, 0.05) is 15.6 Å². The van der Waals surface area contributed by atoms with Crippen LogP contribution >= 0.6 is 15.9 Å². The summed E-state index contributed by atoms with van der Waals surface area (Å²) >= 11 is 3.54. The molecule has 7 heteroatoms. The zero-order valence-corrected chi connectivity index (χ0v) is 22.5. The maximum absolute atomic E-state index is 12.1. The molecule has 3 aromatic carbocycles. The molecule has 0 saturated heterocycles. The van der Waals surface area contributed by atoms with Crippen LogP contribution < -0.4 is 20.2 Å². The van der Waals surface area contributed by atoms with Crippen molar-refractivity contribution in [2.75, 3.05) is 7.11 Å². The topological polar surface area (TPSA) is 69.5 Å². The van der Waals surface area contributed by atoms with Gasteiger partial charge < -0.3 is 14.2 Å². The van der Waals surface area contributed by atoms with Gasteiger partial charge in [-0.3, -0.25) is 0 Å². The van der Waals surface area contributed by atoms with Crippen LogP contribution in [-0.2, 0) is 15.6 Å². The molecule has 0 amide bonds. The molecule has 0 N–H and O–H groups in total. The maximum atomic E-state index is 12.1. The van der Waals surface area contributed by atoms with Crippen molar-refractivity contribution in [1.29, 1.82) is 0 Å². The predicted octanol–water partition coefficient (Wildman–Crippen LogP) is 6.94. The molecular weight excluding hydrogens is 508 g/mol. The molecule has 0 aromatic heterocycles. The van der Waals surface area contributed by atoms with Crippen LogP contribution in [0.2, 0.25) is 0 Å². The molecule has 0 atom stereocenters. The van der Waals surface area contributed by atoms with E-state index in [-0.39, 0.29) is 10.8 Å². The van der Waals surface area contributed by atoms with E-state index in [1.807, 2.05) is 18.2 Å². The Morgan fingerprint density at radius 2 is 1.29 bits per heavy atom. The van der Waals surface area contributed by atoms with E-state index in [9.17, 15) is 4.79 Å². The van der Waals surface area contributed by atoms with Crippen molar-refractivity contribution < 1.29 is 19.0 Å². The summed E-state index contributed by atoms with van der Waals surface area (Å²) in [6.07, 6.45) is 0. The molecule has 2 aliphatic rings. The number of benzene rings is 3. The normalized spacial score (nSPS) is 13.6. The minimum Gasteiger partial charge on any atom is -0.465 e. The lowest BCUT2D eigenvalue weighted by Gasteiger charge is -2.32. The largest absolute Gasteiger partial charge is 0.465 e. The van der Waals surface area contributed by atoms with E-state index in [4.69, 9.17) is 24.2 Å². The highest BCUT2D eigenvalue weighted by Crippen LogP contribution is 2.45. The first-order chi connectivity index (χ1) is 16.4. The molecule has 0 unspecified atom stereocenters. The Labute approximate surface area is 212 Å². The number of fused-ring (bicyclic) bond motifs is 4. The van der Waals surface area contributed by atoms with Gasteiger partial charge in [-0.2, -0.15) is 0 Å². The van der Waals surface area contributed by atoms with Crippen molar-refractivity contribution in [2.45, 2.75) is 52.4 Å². The Bertz CT molecular complexity index is 1530. The molecule has 0 aliphatic carbocycles. The molecule has 0 spiro atoms. The third kappa shape index (κ3) is 3.92. The lowest BCUT2D eigenvalue weighted by atomic mass is 9.79. The fourth-order valence-corrected chi connectivity index (χ4v) is 4.88. The Morgan fingerprint density at radius 1 is 0.800 bits per heavy atom. The SMILES string of the molecule is COC(=O)c1ccc2c(c1)Oc1c(C(C)(C)C)c3c(c(C(C)(C)C)c1=N2)Oc1cc(Br)ccc1N=3. The average Bonchev–Trinajstić information content (AvgIpc) is 2.77. The van der Waals surface area contributed by atoms with Crippen LogP contribution in [0.4, 0.5) is 11.4 Å². The molecule has 6 nitrogen and oxygen atoms in total. The minimum atomic E-state index is -0.426. The molecule has 0 radical (unpaired) electrons. The number of ether oxygens (including phenoxy) is 3. The highest BCUT2D eigenvalue weighted by atomic mass is 79.9. The van der Waals surface area contributed by atoms with Gasteiger partial charge in [-0.1, -0.05) is 57.5 Å². The molecule has 5 rings (SSSR count). The highest BCUT2D eigenvalue weighted by molar-refractivity contribution is 9.10. The van der Waals surface area contributed by atoms with Crippen LogP contribution in [0.25, 0.3) is 0 Å². The molecule has 0 saturated carbocycles. The van der Waals surface area contributed by atoms with Crippen LogP contribution in [0, 0.1) is 0 Å². The van der Waals surface area contributed by atoms with Crippen molar-refractivity contribution in [3.8, 4) is 23.0 Å². The predicted molar refractivity (Wildman–Crippen MR) is 138 cm³/mol. The number of carbonyl (C=O) groups is 1. The zero-order valence-electron chi connectivity index (χ0n) is 20.9. The lowest BCUT2D eigenvalue weighted by Crippen LogP contribution is -2.37. The Morgan fingerprint density at radius 3 is 1.77 bits per heavy atom. The monoisotopic (exact) mass is 534 g/mol. The first kappa shape index (κ1) is 23.5. The number of carbonyl (C=O) groups excluding carboxylic acids is 1. The lowest BCUT2D eigenvalue weighted by molar-refractivity contribution is 0.0600. The van der Waals surface area contributed by atoms with Gasteiger partial charge in [-0.05, 0) is 47.2 Å². The number of esters is 1. The van der Waals surface area contributed by atoms with E-state index in [1.165, 1.54) is 7.11 Å². The molecule has 2 heterocycles. The summed E-state index contributed by atoms with van der Waals surface area (Å²) in [6, 6.07) is 11.0. The average molecular weight is 535 g/mol. The Kier molecular flexibility index (Phi) is 5.33. The number of hydrogen-bond donors (Lipinski definition) is 0. The first-order valence-electron chi connectivity index (χ1n) is 11.4. The second-order valence-corrected chi connectivity index (χ2v) is 11.7. The summed E-state index contributed by atoms with van der Waals surface area (Å²) < 4.78 is 18.9. The number of methoxy groups -OCH3 is 1. The van der Waals surface area contributed by atoms with Gasteiger partial charge in [0.25, 0.3) is 0 Å². The summed E-state index contributed by atoms with van der Waals surface area (Å²) in [6.45, 7) is 12.8. The molecular formula is C28H27BrN2O4. The van der Waals surface area contributed by atoms with Gasteiger partial charge in [0.1, 0.15) is 22.1 Å². The van der Waals surface area contributed by atoms with Gasteiger partial charge in [0.05, 0.1) is 12.7 Å². The van der Waals surface area contributed by atoms with E-state index < -0.39 is 5.97 Å². The first-order valence-corrected chi connectivity index (χ1v) is 12.2. The van der Waals surface area contributed by atoms with Crippen molar-refractivity contribution in [3.63, 3.8) is 0 Å². The van der Waals surface area contributed by atoms with Crippen LogP contribution in [0.1, 0.15) is 63.0 Å². The summed E-state index contributed by atoms with van der Waals surface area (Å²) in [5, 5.41) is 1.48. The molecule has 0 bridgehead atoms. The second kappa shape index (κ2) is 7.92. The molecule has 3 aromatic rings. The zero-order chi connectivity index (χ0) is 25.3. The van der Waals surface area contributed by atoms with Gasteiger partial charge in [-0.25, -0.2) is 14.8 Å². The maximum Gasteiger partial charge on any atom is 0.337 e. The molecule has 35 heavy (non-hydrogen) atoms. The van der Waals surface area contributed by atoms with Crippen molar-refractivity contribution in [2.24, 2.45) is 9.98 Å². The van der Waals surface area contributed by atoms with E-state index in [2.05, 4.69) is 57.5 Å². The summed E-state index contributed by atoms with van der Waals surface area (Å²) in [5.74, 6) is 2.12. The molecule has 2 aliphatic heterocycles. The summed E-state index contributed by atoms with van der Waals surface area (Å²) in [4.78, 5) is 22.3. The minimum absolute atomic E-state index is 0.320. The number of hydrogen-bond acceptors (Lipinski definition) is 6.